The highest BCUT2D eigenvalue weighted by Crippen LogP contribution is 2.30. The number of aliphatic imine (C=N–C) groups is 1. The van der Waals surface area contributed by atoms with Crippen molar-refractivity contribution in [1.82, 2.24) is 5.32 Å². The van der Waals surface area contributed by atoms with Crippen molar-refractivity contribution in [2.24, 2.45) is 4.99 Å². The van der Waals surface area contributed by atoms with E-state index in [9.17, 15) is 14.9 Å². The quantitative estimate of drug-likeness (QED) is 0.488. The number of fused-ring (bicyclic) bond motifs is 1. The molecular weight excluding hydrogens is 356 g/mol. The molecule has 0 aromatic heterocycles. The minimum absolute atomic E-state index is 0.0170. The van der Waals surface area contributed by atoms with Crippen molar-refractivity contribution >= 4 is 46.9 Å². The van der Waals surface area contributed by atoms with Gasteiger partial charge in [0.2, 0.25) is 5.91 Å². The van der Waals surface area contributed by atoms with Crippen molar-refractivity contribution in [3.8, 4) is 0 Å². The van der Waals surface area contributed by atoms with Crippen molar-refractivity contribution in [3.05, 3.63) is 69.2 Å². The second-order valence-corrected chi connectivity index (χ2v) is 5.99. The molecule has 1 heterocycles. The van der Waals surface area contributed by atoms with E-state index in [0.717, 1.165) is 5.56 Å². The molecule has 2 aromatic carbocycles. The molecule has 0 bridgehead atoms. The molecule has 0 radical (unpaired) electrons. The van der Waals surface area contributed by atoms with Crippen molar-refractivity contribution in [2.45, 2.75) is 6.04 Å². The number of nitro benzene ring substituents is 1. The maximum Gasteiger partial charge on any atom is 0.271 e. The standard InChI is InChI=1S/C18H15ClN4O3/c19-15-4-2-1-3-12(15)5-8-18(24)22-13-10-20-16-7-6-14(23(25)26)9-17(16)21-11-13/h1-10,13,21H,11H2,(H,22,24)/b8-5+/t13-/m1/s1. The van der Waals surface area contributed by atoms with Crippen LogP contribution < -0.4 is 10.6 Å². The molecule has 26 heavy (non-hydrogen) atoms. The Bertz CT molecular complexity index is 911. The summed E-state index contributed by atoms with van der Waals surface area (Å²) < 4.78 is 0. The molecule has 1 aliphatic rings. The summed E-state index contributed by atoms with van der Waals surface area (Å²) in [4.78, 5) is 26.8. The highest BCUT2D eigenvalue weighted by Gasteiger charge is 2.16. The van der Waals surface area contributed by atoms with Crippen molar-refractivity contribution in [2.75, 3.05) is 11.9 Å². The summed E-state index contributed by atoms with van der Waals surface area (Å²) in [6.07, 6.45) is 4.64. The zero-order valence-corrected chi connectivity index (χ0v) is 14.3. The first-order valence-electron chi connectivity index (χ1n) is 7.82. The van der Waals surface area contributed by atoms with E-state index >= 15 is 0 Å². The second kappa shape index (κ2) is 7.79. The largest absolute Gasteiger partial charge is 0.381 e. The third-order valence-corrected chi connectivity index (χ3v) is 4.09. The Labute approximate surface area is 154 Å². The molecule has 0 spiro atoms. The minimum Gasteiger partial charge on any atom is -0.381 e. The van der Waals surface area contributed by atoms with E-state index in [1.54, 1.807) is 24.4 Å². The van der Waals surface area contributed by atoms with Crippen LogP contribution in [-0.2, 0) is 4.79 Å². The number of anilines is 1. The second-order valence-electron chi connectivity index (χ2n) is 5.59. The molecule has 2 N–H and O–H groups in total. The highest BCUT2D eigenvalue weighted by molar-refractivity contribution is 6.32. The molecule has 3 rings (SSSR count). The van der Waals surface area contributed by atoms with Gasteiger partial charge in [-0.2, -0.15) is 0 Å². The van der Waals surface area contributed by atoms with Crippen LogP contribution in [0.4, 0.5) is 17.1 Å². The van der Waals surface area contributed by atoms with Gasteiger partial charge in [-0.25, -0.2) is 0 Å². The molecule has 0 saturated carbocycles. The lowest BCUT2D eigenvalue weighted by Gasteiger charge is -2.12. The van der Waals surface area contributed by atoms with Gasteiger partial charge in [0, 0.05) is 36.0 Å². The van der Waals surface area contributed by atoms with Crippen LogP contribution in [0.15, 0.2) is 53.5 Å². The number of nitrogens with zero attached hydrogens (tertiary/aromatic N) is 2. The predicted molar refractivity (Wildman–Crippen MR) is 102 cm³/mol. The SMILES string of the molecule is O=C(/C=C/c1ccccc1Cl)N[C@@H]1C=Nc2ccc([N+](=O)[O-])cc2NC1. The molecule has 0 unspecified atom stereocenters. The number of halogens is 1. The molecule has 2 aromatic rings. The lowest BCUT2D eigenvalue weighted by Crippen LogP contribution is -2.39. The van der Waals surface area contributed by atoms with Crippen LogP contribution in [-0.4, -0.2) is 29.6 Å². The number of non-ortho nitro benzene ring substituents is 1. The Morgan fingerprint density at radius 3 is 2.92 bits per heavy atom. The van der Waals surface area contributed by atoms with Gasteiger partial charge >= 0.3 is 0 Å². The molecular formula is C18H15ClN4O3. The van der Waals surface area contributed by atoms with Gasteiger partial charge in [0.1, 0.15) is 0 Å². The normalized spacial score (nSPS) is 15.8. The lowest BCUT2D eigenvalue weighted by molar-refractivity contribution is -0.384. The summed E-state index contributed by atoms with van der Waals surface area (Å²) >= 11 is 6.05. The summed E-state index contributed by atoms with van der Waals surface area (Å²) in [5.74, 6) is -0.292. The molecule has 7 nitrogen and oxygen atoms in total. The van der Waals surface area contributed by atoms with Crippen LogP contribution in [0.3, 0.4) is 0 Å². The first-order chi connectivity index (χ1) is 12.5. The highest BCUT2D eigenvalue weighted by atomic mass is 35.5. The average molecular weight is 371 g/mol. The first kappa shape index (κ1) is 17.6. The van der Waals surface area contributed by atoms with Gasteiger partial charge in [0.25, 0.3) is 5.69 Å². The van der Waals surface area contributed by atoms with Gasteiger partial charge in [0.15, 0.2) is 0 Å². The lowest BCUT2D eigenvalue weighted by atomic mass is 10.2. The van der Waals surface area contributed by atoms with Crippen molar-refractivity contribution < 1.29 is 9.72 Å². The Morgan fingerprint density at radius 2 is 2.15 bits per heavy atom. The van der Waals surface area contributed by atoms with Gasteiger partial charge in [-0.15, -0.1) is 0 Å². The molecule has 1 amide bonds. The van der Waals surface area contributed by atoms with Crippen LogP contribution in [0.5, 0.6) is 0 Å². The van der Waals surface area contributed by atoms with Gasteiger partial charge in [-0.1, -0.05) is 29.8 Å². The van der Waals surface area contributed by atoms with E-state index in [1.807, 2.05) is 18.2 Å². The van der Waals surface area contributed by atoms with E-state index in [2.05, 4.69) is 15.6 Å². The van der Waals surface area contributed by atoms with E-state index in [-0.39, 0.29) is 17.6 Å². The Hall–Kier alpha value is -3.19. The zero-order valence-electron chi connectivity index (χ0n) is 13.6. The first-order valence-corrected chi connectivity index (χ1v) is 8.20. The number of carbonyl (C=O) groups excluding carboxylic acids is 1. The van der Waals surface area contributed by atoms with Crippen molar-refractivity contribution in [3.63, 3.8) is 0 Å². The third kappa shape index (κ3) is 4.25. The van der Waals surface area contributed by atoms with Crippen LogP contribution in [0.1, 0.15) is 5.56 Å². The van der Waals surface area contributed by atoms with Crippen molar-refractivity contribution in [1.29, 1.82) is 0 Å². The van der Waals surface area contributed by atoms with Crippen LogP contribution in [0.25, 0.3) is 6.08 Å². The number of carbonyl (C=O) groups is 1. The maximum absolute atomic E-state index is 12.1. The van der Waals surface area contributed by atoms with E-state index in [0.29, 0.717) is 22.9 Å². The van der Waals surface area contributed by atoms with Gasteiger partial charge in [0.05, 0.1) is 22.3 Å². The predicted octanol–water partition coefficient (Wildman–Crippen LogP) is 3.57. The average Bonchev–Trinajstić information content (AvgIpc) is 2.83. The number of hydrogen-bond acceptors (Lipinski definition) is 5. The Kier molecular flexibility index (Phi) is 5.28. The minimum atomic E-state index is -0.463. The number of amides is 1. The summed E-state index contributed by atoms with van der Waals surface area (Å²) in [7, 11) is 0. The van der Waals surface area contributed by atoms with Gasteiger partial charge < -0.3 is 10.6 Å². The topological polar surface area (TPSA) is 96.6 Å². The number of rotatable bonds is 4. The van der Waals surface area contributed by atoms with Gasteiger partial charge in [-0.05, 0) is 23.8 Å². The summed E-state index contributed by atoms with van der Waals surface area (Å²) in [5.41, 5.74) is 1.87. The van der Waals surface area contributed by atoms with Crippen LogP contribution in [0, 0.1) is 10.1 Å². The van der Waals surface area contributed by atoms with E-state index < -0.39 is 4.92 Å². The maximum atomic E-state index is 12.1. The van der Waals surface area contributed by atoms with Crippen LogP contribution in [0.2, 0.25) is 5.02 Å². The number of nitro groups is 1. The number of nitrogens with one attached hydrogen (secondary N) is 2. The molecule has 0 aliphatic carbocycles. The summed E-state index contributed by atoms with van der Waals surface area (Å²) in [6.45, 7) is 0.364. The fourth-order valence-corrected chi connectivity index (χ4v) is 2.63. The Balaban J connectivity index is 1.64. The third-order valence-electron chi connectivity index (χ3n) is 3.74. The summed E-state index contributed by atoms with van der Waals surface area (Å²) in [5, 5.41) is 17.3. The summed E-state index contributed by atoms with van der Waals surface area (Å²) in [6, 6.07) is 11.2. The number of benzene rings is 2. The van der Waals surface area contributed by atoms with Gasteiger partial charge in [-0.3, -0.25) is 19.9 Å². The molecule has 8 heteroatoms. The molecule has 0 fully saturated rings. The van der Waals surface area contributed by atoms with E-state index in [4.69, 9.17) is 11.6 Å². The smallest absolute Gasteiger partial charge is 0.271 e. The zero-order chi connectivity index (χ0) is 18.5. The monoisotopic (exact) mass is 370 g/mol. The molecule has 0 saturated heterocycles. The molecule has 1 atom stereocenters. The Morgan fingerprint density at radius 1 is 1.35 bits per heavy atom. The van der Waals surface area contributed by atoms with E-state index in [1.165, 1.54) is 18.2 Å². The number of hydrogen-bond donors (Lipinski definition) is 2. The fourth-order valence-electron chi connectivity index (χ4n) is 2.43. The fraction of sp³-hybridized carbons (Fsp3) is 0.111. The molecule has 132 valence electrons. The van der Waals surface area contributed by atoms with Crippen LogP contribution >= 0.6 is 11.6 Å². The molecule has 1 aliphatic heterocycles.